The van der Waals surface area contributed by atoms with Crippen LogP contribution in [0.5, 0.6) is 5.75 Å². The van der Waals surface area contributed by atoms with Gasteiger partial charge in [0, 0.05) is 11.1 Å². The quantitative estimate of drug-likeness (QED) is 0.819. The molecule has 94 valence electrons. The summed E-state index contributed by atoms with van der Waals surface area (Å²) in [5.41, 5.74) is 6.39. The molecule has 0 radical (unpaired) electrons. The number of halogens is 1. The van der Waals surface area contributed by atoms with Crippen LogP contribution in [0.1, 0.15) is 19.4 Å². The maximum absolute atomic E-state index is 5.77. The number of ether oxygens (including phenoxy) is 2. The van der Waals surface area contributed by atoms with Gasteiger partial charge in [-0.2, -0.15) is 0 Å². The molecule has 5 heteroatoms. The molecule has 1 rings (SSSR count). The van der Waals surface area contributed by atoms with Crippen LogP contribution in [-0.4, -0.2) is 24.3 Å². The summed E-state index contributed by atoms with van der Waals surface area (Å²) in [7, 11) is 0. The van der Waals surface area contributed by atoms with Crippen molar-refractivity contribution in [2.75, 3.05) is 13.2 Å². The Balaban J connectivity index is 2.81. The standard InChI is InChI=1S/C12H16BrNO2S/c1-3-15-7-8(2)16-11-6-9(13)4-5-10(11)12(14)17/h4-6,8H,3,7H2,1-2H3,(H2,14,17). The summed E-state index contributed by atoms with van der Waals surface area (Å²) in [4.78, 5) is 0.330. The SMILES string of the molecule is CCOCC(C)Oc1cc(Br)ccc1C(N)=S. The normalized spacial score (nSPS) is 12.2. The van der Waals surface area contributed by atoms with Gasteiger partial charge in [-0.05, 0) is 32.0 Å². The van der Waals surface area contributed by atoms with Gasteiger partial charge in [0.15, 0.2) is 0 Å². The Bertz CT molecular complexity index is 398. The van der Waals surface area contributed by atoms with Crippen molar-refractivity contribution in [2.45, 2.75) is 20.0 Å². The molecule has 0 fully saturated rings. The molecule has 0 aliphatic heterocycles. The Kier molecular flexibility index (Phi) is 5.88. The lowest BCUT2D eigenvalue weighted by atomic mass is 10.2. The summed E-state index contributed by atoms with van der Waals surface area (Å²) in [6, 6.07) is 5.58. The lowest BCUT2D eigenvalue weighted by Crippen LogP contribution is -2.21. The van der Waals surface area contributed by atoms with E-state index in [-0.39, 0.29) is 6.10 Å². The highest BCUT2D eigenvalue weighted by Gasteiger charge is 2.11. The van der Waals surface area contributed by atoms with Crippen molar-refractivity contribution in [2.24, 2.45) is 5.73 Å². The molecule has 1 unspecified atom stereocenters. The Morgan fingerprint density at radius 2 is 2.24 bits per heavy atom. The topological polar surface area (TPSA) is 44.5 Å². The smallest absolute Gasteiger partial charge is 0.131 e. The first-order valence-corrected chi connectivity index (χ1v) is 6.58. The highest BCUT2D eigenvalue weighted by molar-refractivity contribution is 9.10. The Labute approximate surface area is 115 Å². The van der Waals surface area contributed by atoms with Crippen LogP contribution >= 0.6 is 28.1 Å². The minimum atomic E-state index is -0.0441. The minimum Gasteiger partial charge on any atom is -0.488 e. The fourth-order valence-electron chi connectivity index (χ4n) is 1.33. The molecule has 1 aromatic rings. The van der Waals surface area contributed by atoms with E-state index in [1.807, 2.05) is 32.0 Å². The molecule has 0 saturated carbocycles. The van der Waals surface area contributed by atoms with Crippen molar-refractivity contribution in [3.63, 3.8) is 0 Å². The monoisotopic (exact) mass is 317 g/mol. The minimum absolute atomic E-state index is 0.0441. The molecule has 0 bridgehead atoms. The lowest BCUT2D eigenvalue weighted by molar-refractivity contribution is 0.0656. The molecule has 0 aliphatic carbocycles. The summed E-state index contributed by atoms with van der Waals surface area (Å²) in [5, 5.41) is 0. The number of thiocarbonyl (C=S) groups is 1. The number of hydrogen-bond donors (Lipinski definition) is 1. The lowest BCUT2D eigenvalue weighted by Gasteiger charge is -2.17. The predicted molar refractivity (Wildman–Crippen MR) is 76.6 cm³/mol. The molecule has 0 amide bonds. The second-order valence-electron chi connectivity index (χ2n) is 3.59. The van der Waals surface area contributed by atoms with Crippen LogP contribution in [0.3, 0.4) is 0 Å². The van der Waals surface area contributed by atoms with E-state index in [1.54, 1.807) is 0 Å². The largest absolute Gasteiger partial charge is 0.488 e. The first kappa shape index (κ1) is 14.4. The van der Waals surface area contributed by atoms with Crippen molar-refractivity contribution in [3.8, 4) is 5.75 Å². The first-order valence-electron chi connectivity index (χ1n) is 5.38. The van der Waals surface area contributed by atoms with Crippen molar-refractivity contribution < 1.29 is 9.47 Å². The van der Waals surface area contributed by atoms with Crippen molar-refractivity contribution in [1.29, 1.82) is 0 Å². The Hall–Kier alpha value is -0.650. The molecule has 17 heavy (non-hydrogen) atoms. The van der Waals surface area contributed by atoms with Crippen LogP contribution in [-0.2, 0) is 4.74 Å². The van der Waals surface area contributed by atoms with Gasteiger partial charge >= 0.3 is 0 Å². The zero-order valence-corrected chi connectivity index (χ0v) is 12.3. The third kappa shape index (κ3) is 4.61. The third-order valence-electron chi connectivity index (χ3n) is 2.09. The second-order valence-corrected chi connectivity index (χ2v) is 4.95. The zero-order valence-electron chi connectivity index (χ0n) is 9.90. The highest BCUT2D eigenvalue weighted by Crippen LogP contribution is 2.24. The summed E-state index contributed by atoms with van der Waals surface area (Å²) in [5.74, 6) is 0.680. The number of benzene rings is 1. The maximum atomic E-state index is 5.77. The van der Waals surface area contributed by atoms with Crippen molar-refractivity contribution >= 4 is 33.1 Å². The molecule has 1 atom stereocenters. The number of hydrogen-bond acceptors (Lipinski definition) is 3. The predicted octanol–water partition coefficient (Wildman–Crippen LogP) is 2.89. The summed E-state index contributed by atoms with van der Waals surface area (Å²) in [6.07, 6.45) is -0.0441. The molecule has 2 N–H and O–H groups in total. The zero-order chi connectivity index (χ0) is 12.8. The first-order chi connectivity index (χ1) is 8.04. The number of rotatable bonds is 6. The van der Waals surface area contributed by atoms with Gasteiger partial charge in [0.1, 0.15) is 16.8 Å². The van der Waals surface area contributed by atoms with Crippen LogP contribution in [0, 0.1) is 0 Å². The molecule has 0 aliphatic rings. The fourth-order valence-corrected chi connectivity index (χ4v) is 1.84. The highest BCUT2D eigenvalue weighted by atomic mass is 79.9. The van der Waals surface area contributed by atoms with E-state index in [0.29, 0.717) is 24.0 Å². The molecule has 1 aromatic carbocycles. The van der Waals surface area contributed by atoms with Gasteiger partial charge in [-0.15, -0.1) is 0 Å². The second kappa shape index (κ2) is 6.93. The van der Waals surface area contributed by atoms with Gasteiger partial charge < -0.3 is 15.2 Å². The molecule has 0 spiro atoms. The molecule has 0 aromatic heterocycles. The molecular weight excluding hydrogens is 302 g/mol. The van der Waals surface area contributed by atoms with E-state index in [0.717, 1.165) is 10.0 Å². The summed E-state index contributed by atoms with van der Waals surface area (Å²) in [6.45, 7) is 5.11. The van der Waals surface area contributed by atoms with Crippen LogP contribution in [0.4, 0.5) is 0 Å². The Morgan fingerprint density at radius 3 is 2.82 bits per heavy atom. The average molecular weight is 318 g/mol. The van der Waals surface area contributed by atoms with E-state index < -0.39 is 0 Å². The van der Waals surface area contributed by atoms with E-state index in [1.165, 1.54) is 0 Å². The average Bonchev–Trinajstić information content (AvgIpc) is 2.26. The summed E-state index contributed by atoms with van der Waals surface area (Å²) < 4.78 is 12.0. The van der Waals surface area contributed by atoms with Crippen LogP contribution < -0.4 is 10.5 Å². The van der Waals surface area contributed by atoms with Crippen LogP contribution in [0.15, 0.2) is 22.7 Å². The van der Waals surface area contributed by atoms with Crippen molar-refractivity contribution in [3.05, 3.63) is 28.2 Å². The Morgan fingerprint density at radius 1 is 1.53 bits per heavy atom. The van der Waals surface area contributed by atoms with Gasteiger partial charge in [-0.3, -0.25) is 0 Å². The van der Waals surface area contributed by atoms with E-state index in [9.17, 15) is 0 Å². The maximum Gasteiger partial charge on any atom is 0.131 e. The van der Waals surface area contributed by atoms with Gasteiger partial charge in [0.25, 0.3) is 0 Å². The van der Waals surface area contributed by atoms with Crippen molar-refractivity contribution in [1.82, 2.24) is 0 Å². The third-order valence-corrected chi connectivity index (χ3v) is 2.81. The van der Waals surface area contributed by atoms with Gasteiger partial charge in [0.05, 0.1) is 12.2 Å². The number of nitrogens with two attached hydrogens (primary N) is 1. The van der Waals surface area contributed by atoms with E-state index in [4.69, 9.17) is 27.4 Å². The van der Waals surface area contributed by atoms with E-state index >= 15 is 0 Å². The molecular formula is C12H16BrNO2S. The van der Waals surface area contributed by atoms with Gasteiger partial charge in [-0.1, -0.05) is 28.1 Å². The fraction of sp³-hybridized carbons (Fsp3) is 0.417. The van der Waals surface area contributed by atoms with Crippen LogP contribution in [0.2, 0.25) is 0 Å². The summed E-state index contributed by atoms with van der Waals surface area (Å²) >= 11 is 8.38. The molecule has 0 saturated heterocycles. The molecule has 0 heterocycles. The molecule has 3 nitrogen and oxygen atoms in total. The van der Waals surface area contributed by atoms with Crippen LogP contribution in [0.25, 0.3) is 0 Å². The van der Waals surface area contributed by atoms with E-state index in [2.05, 4.69) is 15.9 Å². The van der Waals surface area contributed by atoms with Gasteiger partial charge in [0.2, 0.25) is 0 Å². The van der Waals surface area contributed by atoms with Gasteiger partial charge in [-0.25, -0.2) is 0 Å².